The molecule has 3 N–H and O–H groups in total. The fraction of sp³-hybridized carbons (Fsp3) is 0.400. The van der Waals surface area contributed by atoms with E-state index in [9.17, 15) is 0 Å². The van der Waals surface area contributed by atoms with Gasteiger partial charge in [0.1, 0.15) is 11.5 Å². The summed E-state index contributed by atoms with van der Waals surface area (Å²) in [6.07, 6.45) is 11.7. The van der Waals surface area contributed by atoms with Gasteiger partial charge in [-0.1, -0.05) is 94.8 Å². The molecule has 0 saturated carbocycles. The summed E-state index contributed by atoms with van der Waals surface area (Å²) in [5.41, 5.74) is 10.0. The van der Waals surface area contributed by atoms with Gasteiger partial charge in [0.15, 0.2) is 0 Å². The second-order valence-corrected chi connectivity index (χ2v) is 10.0. The molecule has 5 heteroatoms. The zero-order valence-electron chi connectivity index (χ0n) is 24.4. The number of nitrogens with zero attached hydrogens (tertiary/aromatic N) is 1. The van der Waals surface area contributed by atoms with Crippen LogP contribution in [-0.4, -0.2) is 18.2 Å². The third kappa shape index (κ3) is 11.3. The van der Waals surface area contributed by atoms with E-state index >= 15 is 0 Å². The molecule has 0 radical (unpaired) electrons. The highest BCUT2D eigenvalue weighted by molar-refractivity contribution is 5.90. The van der Waals surface area contributed by atoms with Gasteiger partial charge in [0.05, 0.1) is 18.7 Å². The van der Waals surface area contributed by atoms with Gasteiger partial charge in [0.25, 0.3) is 0 Å². The smallest absolute Gasteiger partial charge is 0.119 e. The molecule has 0 aliphatic carbocycles. The van der Waals surface area contributed by atoms with Crippen molar-refractivity contribution in [2.24, 2.45) is 5.73 Å². The lowest BCUT2D eigenvalue weighted by Crippen LogP contribution is -2.02. The molecule has 0 bridgehead atoms. The highest BCUT2D eigenvalue weighted by Gasteiger charge is 2.02. The second kappa shape index (κ2) is 18.7. The van der Waals surface area contributed by atoms with Crippen molar-refractivity contribution in [1.82, 2.24) is 4.98 Å². The molecule has 4 rings (SSSR count). The van der Waals surface area contributed by atoms with Gasteiger partial charge >= 0.3 is 0 Å². The Labute approximate surface area is 241 Å². The van der Waals surface area contributed by atoms with Crippen LogP contribution in [0.25, 0.3) is 10.9 Å². The minimum Gasteiger partial charge on any atom is -0.494 e. The van der Waals surface area contributed by atoms with Crippen molar-refractivity contribution in [3.05, 3.63) is 96.2 Å². The van der Waals surface area contributed by atoms with Crippen molar-refractivity contribution in [2.75, 3.05) is 18.5 Å². The van der Waals surface area contributed by atoms with Crippen molar-refractivity contribution in [3.63, 3.8) is 0 Å². The summed E-state index contributed by atoms with van der Waals surface area (Å²) in [4.78, 5) is 4.41. The highest BCUT2D eigenvalue weighted by Crippen LogP contribution is 2.22. The van der Waals surface area contributed by atoms with Crippen molar-refractivity contribution in [1.29, 1.82) is 0 Å². The molecular formula is C35H47N3O2. The maximum Gasteiger partial charge on any atom is 0.119 e. The number of para-hydroxylation sites is 1. The number of aromatic nitrogens is 1. The predicted octanol–water partition coefficient (Wildman–Crippen LogP) is 8.91. The van der Waals surface area contributed by atoms with Gasteiger partial charge in [-0.2, -0.15) is 0 Å². The first kappa shape index (κ1) is 31.0. The molecule has 214 valence electrons. The third-order valence-corrected chi connectivity index (χ3v) is 6.70. The number of ether oxygens (including phenoxy) is 2. The van der Waals surface area contributed by atoms with E-state index in [-0.39, 0.29) is 0 Å². The summed E-state index contributed by atoms with van der Waals surface area (Å²) in [6.45, 7) is 7.39. The van der Waals surface area contributed by atoms with Crippen LogP contribution in [0, 0.1) is 0 Å². The number of anilines is 1. The number of unbranched alkanes of at least 4 members (excludes halogenated alkanes) is 6. The first-order valence-corrected chi connectivity index (χ1v) is 14.9. The van der Waals surface area contributed by atoms with E-state index in [4.69, 9.17) is 15.2 Å². The number of hydrogen-bond acceptors (Lipinski definition) is 5. The lowest BCUT2D eigenvalue weighted by atomic mass is 10.1. The van der Waals surface area contributed by atoms with Crippen LogP contribution in [-0.2, 0) is 13.1 Å². The summed E-state index contributed by atoms with van der Waals surface area (Å²) in [5.74, 6) is 1.89. The first-order valence-electron chi connectivity index (χ1n) is 14.9. The van der Waals surface area contributed by atoms with Gasteiger partial charge in [-0.15, -0.1) is 0 Å². The molecule has 3 aromatic carbocycles. The van der Waals surface area contributed by atoms with Gasteiger partial charge in [0, 0.05) is 30.4 Å². The van der Waals surface area contributed by atoms with Gasteiger partial charge in [-0.3, -0.25) is 4.98 Å². The molecule has 0 spiro atoms. The van der Waals surface area contributed by atoms with Crippen molar-refractivity contribution < 1.29 is 9.47 Å². The van der Waals surface area contributed by atoms with Crippen LogP contribution in [0.2, 0.25) is 0 Å². The largest absolute Gasteiger partial charge is 0.494 e. The number of hydrogen-bond donors (Lipinski definition) is 2. The second-order valence-electron chi connectivity index (χ2n) is 10.0. The van der Waals surface area contributed by atoms with Gasteiger partial charge in [-0.25, -0.2) is 0 Å². The molecule has 40 heavy (non-hydrogen) atoms. The Kier molecular flexibility index (Phi) is 14.5. The number of rotatable bonds is 16. The average Bonchev–Trinajstić information content (AvgIpc) is 3.00. The van der Waals surface area contributed by atoms with Crippen LogP contribution in [0.4, 0.5) is 5.69 Å². The standard InChI is InChI=1S/C22H26N2O.C13H21NO/c1-2-3-4-7-15-25-19-10-8-9-18(16-19)17-24-22-13-14-23-21-12-6-5-11-20(21)22;1-2-3-4-5-9-15-13-8-6-7-12(10-13)11-14/h5-6,8-14,16H,2-4,7,15,17H2,1H3,(H,23,24);6-8,10H,2-5,9,11,14H2,1H3. The van der Waals surface area contributed by atoms with Crippen molar-refractivity contribution in [2.45, 2.75) is 78.3 Å². The van der Waals surface area contributed by atoms with E-state index in [1.807, 2.05) is 60.8 Å². The molecule has 0 aliphatic heterocycles. The monoisotopic (exact) mass is 541 g/mol. The number of pyridine rings is 1. The van der Waals surface area contributed by atoms with Crippen LogP contribution in [0.15, 0.2) is 85.1 Å². The SMILES string of the molecule is CCCCCCOc1cccc(CN)c1.CCCCCCOc1cccc(CNc2ccnc3ccccc23)c1. The highest BCUT2D eigenvalue weighted by atomic mass is 16.5. The van der Waals surface area contributed by atoms with E-state index < -0.39 is 0 Å². The Morgan fingerprint density at radius 1 is 0.675 bits per heavy atom. The van der Waals surface area contributed by atoms with Crippen LogP contribution < -0.4 is 20.5 Å². The Morgan fingerprint density at radius 2 is 1.30 bits per heavy atom. The maximum absolute atomic E-state index is 5.88. The number of nitrogens with one attached hydrogen (secondary N) is 1. The molecule has 0 atom stereocenters. The Balaban J connectivity index is 0.000000252. The molecule has 0 saturated heterocycles. The molecule has 0 amide bonds. The Bertz CT molecular complexity index is 1240. The fourth-order valence-corrected chi connectivity index (χ4v) is 4.39. The molecule has 0 unspecified atom stereocenters. The van der Waals surface area contributed by atoms with Crippen LogP contribution in [0.3, 0.4) is 0 Å². The van der Waals surface area contributed by atoms with Crippen molar-refractivity contribution >= 4 is 16.6 Å². The minimum atomic E-state index is 0.576. The molecular weight excluding hydrogens is 494 g/mol. The average molecular weight is 542 g/mol. The Hall–Kier alpha value is -3.57. The number of fused-ring (bicyclic) bond motifs is 1. The molecule has 1 aromatic heterocycles. The van der Waals surface area contributed by atoms with E-state index in [2.05, 4.69) is 48.4 Å². The summed E-state index contributed by atoms with van der Waals surface area (Å²) in [6, 6.07) is 26.6. The molecule has 5 nitrogen and oxygen atoms in total. The lowest BCUT2D eigenvalue weighted by molar-refractivity contribution is 0.304. The normalized spacial score (nSPS) is 10.6. The van der Waals surface area contributed by atoms with E-state index in [0.717, 1.165) is 66.3 Å². The fourth-order valence-electron chi connectivity index (χ4n) is 4.39. The Morgan fingerprint density at radius 3 is 1.95 bits per heavy atom. The summed E-state index contributed by atoms with van der Waals surface area (Å²) in [5, 5.41) is 4.67. The van der Waals surface area contributed by atoms with Crippen LogP contribution in [0.1, 0.15) is 76.3 Å². The van der Waals surface area contributed by atoms with Gasteiger partial charge < -0.3 is 20.5 Å². The first-order chi connectivity index (χ1) is 19.7. The minimum absolute atomic E-state index is 0.576. The number of nitrogens with two attached hydrogens (primary N) is 1. The third-order valence-electron chi connectivity index (χ3n) is 6.70. The molecule has 0 fully saturated rings. The van der Waals surface area contributed by atoms with Crippen LogP contribution >= 0.6 is 0 Å². The van der Waals surface area contributed by atoms with E-state index in [0.29, 0.717) is 6.54 Å². The summed E-state index contributed by atoms with van der Waals surface area (Å²) < 4.78 is 11.5. The van der Waals surface area contributed by atoms with Gasteiger partial charge in [-0.05, 0) is 60.4 Å². The topological polar surface area (TPSA) is 69.4 Å². The zero-order chi connectivity index (χ0) is 28.3. The van der Waals surface area contributed by atoms with Crippen molar-refractivity contribution in [3.8, 4) is 11.5 Å². The summed E-state index contributed by atoms with van der Waals surface area (Å²) >= 11 is 0. The molecule has 4 aromatic rings. The zero-order valence-corrected chi connectivity index (χ0v) is 24.4. The number of benzene rings is 3. The van der Waals surface area contributed by atoms with E-state index in [1.54, 1.807) is 0 Å². The lowest BCUT2D eigenvalue weighted by Gasteiger charge is -2.11. The summed E-state index contributed by atoms with van der Waals surface area (Å²) in [7, 11) is 0. The van der Waals surface area contributed by atoms with Gasteiger partial charge in [0.2, 0.25) is 0 Å². The predicted molar refractivity (Wildman–Crippen MR) is 169 cm³/mol. The van der Waals surface area contributed by atoms with Crippen LogP contribution in [0.5, 0.6) is 11.5 Å². The van der Waals surface area contributed by atoms with E-state index in [1.165, 1.54) is 44.1 Å². The maximum atomic E-state index is 5.88. The molecule has 1 heterocycles. The molecule has 0 aliphatic rings. The quantitative estimate of drug-likeness (QED) is 0.139.